The van der Waals surface area contributed by atoms with Crippen LogP contribution in [0.25, 0.3) is 0 Å². The molecular weight excluding hydrogens is 224 g/mol. The number of halogens is 1. The minimum Gasteiger partial charge on any atom is -0.337 e. The van der Waals surface area contributed by atoms with Crippen LogP contribution >= 0.6 is 12.4 Å². The average Bonchev–Trinajstić information content (AvgIpc) is 2.26. The van der Waals surface area contributed by atoms with Crippen molar-refractivity contribution in [2.45, 2.75) is 26.4 Å². The van der Waals surface area contributed by atoms with Crippen molar-refractivity contribution >= 4 is 18.3 Å². The molecule has 1 amide bonds. The van der Waals surface area contributed by atoms with Crippen molar-refractivity contribution in [1.82, 2.24) is 4.90 Å². The maximum Gasteiger partial charge on any atom is 0.239 e. The van der Waals surface area contributed by atoms with Gasteiger partial charge in [-0.25, -0.2) is 0 Å². The van der Waals surface area contributed by atoms with Crippen LogP contribution in [-0.2, 0) is 11.3 Å². The van der Waals surface area contributed by atoms with E-state index in [9.17, 15) is 4.79 Å². The van der Waals surface area contributed by atoms with Crippen LogP contribution in [0.5, 0.6) is 0 Å². The molecule has 0 aliphatic carbocycles. The Morgan fingerprint density at radius 1 is 1.38 bits per heavy atom. The molecule has 0 bridgehead atoms. The van der Waals surface area contributed by atoms with E-state index in [1.165, 1.54) is 0 Å². The van der Waals surface area contributed by atoms with Crippen LogP contribution in [0.1, 0.15) is 19.4 Å². The summed E-state index contributed by atoms with van der Waals surface area (Å²) in [4.78, 5) is 13.4. The number of nitrogens with zero attached hydrogens (tertiary/aromatic N) is 1. The Bertz CT molecular complexity index is 314. The van der Waals surface area contributed by atoms with Crippen molar-refractivity contribution in [1.29, 1.82) is 0 Å². The van der Waals surface area contributed by atoms with Gasteiger partial charge in [0.15, 0.2) is 0 Å². The second kappa shape index (κ2) is 7.25. The minimum atomic E-state index is -0.423. The molecule has 1 aromatic rings. The molecule has 4 heteroatoms. The standard InChI is InChI=1S/C12H18N2O.ClH/c1-3-14(12(15)10(2)13)9-11-7-5-4-6-8-11;/h4-8,10H,3,9,13H2,1-2H3;1H/t10-;/m0./s1. The summed E-state index contributed by atoms with van der Waals surface area (Å²) in [6, 6.07) is 9.51. The number of nitrogens with two attached hydrogens (primary N) is 1. The molecule has 2 N–H and O–H groups in total. The molecular formula is C12H19ClN2O. The zero-order chi connectivity index (χ0) is 11.3. The van der Waals surface area contributed by atoms with Crippen molar-refractivity contribution in [3.05, 3.63) is 35.9 Å². The van der Waals surface area contributed by atoms with Crippen molar-refractivity contribution in [2.75, 3.05) is 6.54 Å². The second-order valence-electron chi connectivity index (χ2n) is 3.63. The van der Waals surface area contributed by atoms with Gasteiger partial charge in [-0.3, -0.25) is 4.79 Å². The topological polar surface area (TPSA) is 46.3 Å². The third kappa shape index (κ3) is 4.21. The Balaban J connectivity index is 0.00000225. The fourth-order valence-electron chi connectivity index (χ4n) is 1.44. The van der Waals surface area contributed by atoms with Gasteiger partial charge in [0.2, 0.25) is 5.91 Å². The lowest BCUT2D eigenvalue weighted by atomic mass is 10.2. The van der Waals surface area contributed by atoms with Gasteiger partial charge < -0.3 is 10.6 Å². The minimum absolute atomic E-state index is 0. The number of carbonyl (C=O) groups excluding carboxylic acids is 1. The van der Waals surface area contributed by atoms with Crippen molar-refractivity contribution in [2.24, 2.45) is 5.73 Å². The molecule has 90 valence electrons. The monoisotopic (exact) mass is 242 g/mol. The smallest absolute Gasteiger partial charge is 0.239 e. The highest BCUT2D eigenvalue weighted by atomic mass is 35.5. The summed E-state index contributed by atoms with van der Waals surface area (Å²) in [5.74, 6) is 0.00125. The predicted molar refractivity (Wildman–Crippen MR) is 68.4 cm³/mol. The molecule has 0 aliphatic heterocycles. The normalized spacial score (nSPS) is 11.4. The van der Waals surface area contributed by atoms with Crippen molar-refractivity contribution in [3.8, 4) is 0 Å². The SMILES string of the molecule is CCN(Cc1ccccc1)C(=O)[C@H](C)N.Cl. The molecule has 1 atom stereocenters. The van der Waals surface area contributed by atoms with E-state index in [1.54, 1.807) is 11.8 Å². The second-order valence-corrected chi connectivity index (χ2v) is 3.63. The van der Waals surface area contributed by atoms with Crippen LogP contribution in [0.3, 0.4) is 0 Å². The van der Waals surface area contributed by atoms with Gasteiger partial charge in [-0.05, 0) is 19.4 Å². The Labute approximate surface area is 103 Å². The van der Waals surface area contributed by atoms with E-state index >= 15 is 0 Å². The lowest BCUT2D eigenvalue weighted by Crippen LogP contribution is -2.41. The van der Waals surface area contributed by atoms with Gasteiger partial charge in [0.05, 0.1) is 6.04 Å². The van der Waals surface area contributed by atoms with Gasteiger partial charge in [-0.15, -0.1) is 12.4 Å². The number of benzene rings is 1. The number of amides is 1. The molecule has 0 fully saturated rings. The van der Waals surface area contributed by atoms with Gasteiger partial charge in [-0.2, -0.15) is 0 Å². The fourth-order valence-corrected chi connectivity index (χ4v) is 1.44. The summed E-state index contributed by atoms with van der Waals surface area (Å²) in [7, 11) is 0. The quantitative estimate of drug-likeness (QED) is 0.875. The zero-order valence-electron chi connectivity index (χ0n) is 9.72. The van der Waals surface area contributed by atoms with E-state index in [0.717, 1.165) is 5.56 Å². The summed E-state index contributed by atoms with van der Waals surface area (Å²) in [5.41, 5.74) is 6.71. The third-order valence-electron chi connectivity index (χ3n) is 2.30. The van der Waals surface area contributed by atoms with E-state index in [0.29, 0.717) is 13.1 Å². The summed E-state index contributed by atoms with van der Waals surface area (Å²) in [6.07, 6.45) is 0. The molecule has 0 saturated carbocycles. The largest absolute Gasteiger partial charge is 0.337 e. The number of carbonyl (C=O) groups is 1. The molecule has 0 saturated heterocycles. The molecule has 3 nitrogen and oxygen atoms in total. The number of hydrogen-bond donors (Lipinski definition) is 1. The first kappa shape index (κ1) is 14.9. The maximum absolute atomic E-state index is 11.7. The highest BCUT2D eigenvalue weighted by molar-refractivity contribution is 5.85. The van der Waals surface area contributed by atoms with Gasteiger partial charge in [0.25, 0.3) is 0 Å². The summed E-state index contributed by atoms with van der Waals surface area (Å²) >= 11 is 0. The van der Waals surface area contributed by atoms with E-state index < -0.39 is 6.04 Å². The van der Waals surface area contributed by atoms with Gasteiger partial charge in [0, 0.05) is 13.1 Å². The van der Waals surface area contributed by atoms with Gasteiger partial charge >= 0.3 is 0 Å². The van der Waals surface area contributed by atoms with Crippen molar-refractivity contribution in [3.63, 3.8) is 0 Å². The molecule has 0 unspecified atom stereocenters. The molecule has 0 spiro atoms. The van der Waals surface area contributed by atoms with Crippen LogP contribution in [0.15, 0.2) is 30.3 Å². The maximum atomic E-state index is 11.7. The lowest BCUT2D eigenvalue weighted by Gasteiger charge is -2.22. The number of likely N-dealkylation sites (N-methyl/N-ethyl adjacent to an activating group) is 1. The lowest BCUT2D eigenvalue weighted by molar-refractivity contribution is -0.132. The highest BCUT2D eigenvalue weighted by Crippen LogP contribution is 2.05. The van der Waals surface area contributed by atoms with E-state index in [4.69, 9.17) is 5.73 Å². The Kier molecular flexibility index (Phi) is 6.77. The first-order chi connectivity index (χ1) is 7.15. The van der Waals surface area contributed by atoms with Crippen molar-refractivity contribution < 1.29 is 4.79 Å². The van der Waals surface area contributed by atoms with Gasteiger partial charge in [0.1, 0.15) is 0 Å². The molecule has 16 heavy (non-hydrogen) atoms. The Hall–Kier alpha value is -1.06. The zero-order valence-corrected chi connectivity index (χ0v) is 10.5. The summed E-state index contributed by atoms with van der Waals surface area (Å²) in [6.45, 7) is 5.01. The van der Waals surface area contributed by atoms with E-state index in [1.807, 2.05) is 37.3 Å². The number of hydrogen-bond acceptors (Lipinski definition) is 2. The third-order valence-corrected chi connectivity index (χ3v) is 2.30. The average molecular weight is 243 g/mol. The van der Waals surface area contributed by atoms with Crippen LogP contribution in [0, 0.1) is 0 Å². The van der Waals surface area contributed by atoms with E-state index in [-0.39, 0.29) is 18.3 Å². The Morgan fingerprint density at radius 2 is 1.94 bits per heavy atom. The fraction of sp³-hybridized carbons (Fsp3) is 0.417. The van der Waals surface area contributed by atoms with Crippen LogP contribution < -0.4 is 5.73 Å². The van der Waals surface area contributed by atoms with Crippen LogP contribution in [0.4, 0.5) is 0 Å². The first-order valence-electron chi connectivity index (χ1n) is 5.23. The molecule has 1 aromatic carbocycles. The molecule has 1 rings (SSSR count). The van der Waals surface area contributed by atoms with Crippen LogP contribution in [-0.4, -0.2) is 23.4 Å². The molecule has 0 heterocycles. The van der Waals surface area contributed by atoms with Crippen LogP contribution in [0.2, 0.25) is 0 Å². The predicted octanol–water partition coefficient (Wildman–Crippen LogP) is 1.80. The Morgan fingerprint density at radius 3 is 2.38 bits per heavy atom. The van der Waals surface area contributed by atoms with E-state index in [2.05, 4.69) is 0 Å². The molecule has 0 aromatic heterocycles. The summed E-state index contributed by atoms with van der Waals surface area (Å²) < 4.78 is 0. The molecule has 0 radical (unpaired) electrons. The highest BCUT2D eigenvalue weighted by Gasteiger charge is 2.15. The van der Waals surface area contributed by atoms with Gasteiger partial charge in [-0.1, -0.05) is 30.3 Å². The number of rotatable bonds is 4. The first-order valence-corrected chi connectivity index (χ1v) is 5.23. The summed E-state index contributed by atoms with van der Waals surface area (Å²) in [5, 5.41) is 0. The molecule has 0 aliphatic rings.